The molecule has 25 heavy (non-hydrogen) atoms. The van der Waals surface area contributed by atoms with Crippen LogP contribution >= 0.6 is 7.29 Å². The van der Waals surface area contributed by atoms with Gasteiger partial charge in [0, 0.05) is 15.5 Å². The summed E-state index contributed by atoms with van der Waals surface area (Å²) >= 11 is 0. The summed E-state index contributed by atoms with van der Waals surface area (Å²) in [5.74, 6) is 0. The summed E-state index contributed by atoms with van der Waals surface area (Å²) in [6, 6.07) is 26.6. The molecule has 120 valence electrons. The first kappa shape index (κ1) is 15.5. The van der Waals surface area contributed by atoms with E-state index >= 15 is 0 Å². The van der Waals surface area contributed by atoms with Crippen LogP contribution in [0.4, 0.5) is 0 Å². The first-order valence-electron chi connectivity index (χ1n) is 7.87. The van der Waals surface area contributed by atoms with Crippen molar-refractivity contribution in [3.05, 3.63) is 95.4 Å². The average molecular weight is 343 g/mol. The minimum Gasteiger partial charge on any atom is -0.307 e. The van der Waals surface area contributed by atoms with E-state index in [-0.39, 0.29) is 0 Å². The van der Waals surface area contributed by atoms with Crippen molar-refractivity contribution in [3.63, 3.8) is 0 Å². The zero-order valence-electron chi connectivity index (χ0n) is 13.3. The highest BCUT2D eigenvalue weighted by molar-refractivity contribution is 7.78. The van der Waals surface area contributed by atoms with E-state index in [1.165, 1.54) is 0 Å². The molecule has 0 atom stereocenters. The quantitative estimate of drug-likeness (QED) is 0.209. The Balaban J connectivity index is 2.12. The molecular formula is C20H14N3OP. The Morgan fingerprint density at radius 1 is 0.680 bits per heavy atom. The summed E-state index contributed by atoms with van der Waals surface area (Å²) in [5, 5.41) is 4.75. The molecule has 0 saturated carbocycles. The van der Waals surface area contributed by atoms with Gasteiger partial charge in [-0.15, -0.1) is 0 Å². The number of nitrogens with zero attached hydrogens (tertiary/aromatic N) is 3. The lowest BCUT2D eigenvalue weighted by Gasteiger charge is -2.17. The van der Waals surface area contributed by atoms with Gasteiger partial charge in [0.1, 0.15) is 0 Å². The van der Waals surface area contributed by atoms with Crippen molar-refractivity contribution in [1.29, 1.82) is 0 Å². The number of fused-ring (bicyclic) bond motifs is 2. The molecule has 4 aromatic rings. The number of rotatable bonds is 3. The molecule has 0 spiro atoms. The zero-order chi connectivity index (χ0) is 17.3. The lowest BCUT2D eigenvalue weighted by atomic mass is 10.1. The van der Waals surface area contributed by atoms with Gasteiger partial charge < -0.3 is 4.57 Å². The van der Waals surface area contributed by atoms with Crippen LogP contribution in [-0.4, -0.2) is 0 Å². The minimum absolute atomic E-state index is 0.569. The van der Waals surface area contributed by atoms with E-state index in [4.69, 9.17) is 5.53 Å². The first-order chi connectivity index (χ1) is 12.2. The Hall–Kier alpha value is -3.06. The predicted octanol–water partition coefficient (Wildman–Crippen LogP) is 5.53. The Kier molecular flexibility index (Phi) is 3.77. The van der Waals surface area contributed by atoms with E-state index < -0.39 is 7.29 Å². The average Bonchev–Trinajstić information content (AvgIpc) is 2.67. The van der Waals surface area contributed by atoms with Crippen molar-refractivity contribution in [2.45, 2.75) is 0 Å². The molecule has 0 saturated heterocycles. The molecule has 0 heterocycles. The second-order valence-electron chi connectivity index (χ2n) is 5.75. The maximum absolute atomic E-state index is 14.0. The van der Waals surface area contributed by atoms with Crippen LogP contribution < -0.4 is 10.6 Å². The monoisotopic (exact) mass is 343 g/mol. The highest BCUT2D eigenvalue weighted by Gasteiger charge is 2.29. The molecule has 4 rings (SSSR count). The third-order valence-corrected chi connectivity index (χ3v) is 6.77. The summed E-state index contributed by atoms with van der Waals surface area (Å²) in [6.45, 7) is 0. The van der Waals surface area contributed by atoms with Crippen LogP contribution in [0.25, 0.3) is 32.0 Å². The van der Waals surface area contributed by atoms with E-state index in [1.807, 2.05) is 72.8 Å². The van der Waals surface area contributed by atoms with Gasteiger partial charge in [-0.25, -0.2) is 0 Å². The first-order valence-corrected chi connectivity index (χ1v) is 9.53. The number of benzene rings is 4. The Bertz CT molecular complexity index is 1100. The van der Waals surface area contributed by atoms with E-state index in [0.717, 1.165) is 21.5 Å². The van der Waals surface area contributed by atoms with Crippen LogP contribution in [0.2, 0.25) is 0 Å². The van der Waals surface area contributed by atoms with Gasteiger partial charge in [-0.05, 0) is 32.0 Å². The zero-order valence-corrected chi connectivity index (χ0v) is 14.2. The van der Waals surface area contributed by atoms with Crippen molar-refractivity contribution >= 4 is 39.4 Å². The molecule has 4 aromatic carbocycles. The van der Waals surface area contributed by atoms with Crippen molar-refractivity contribution < 1.29 is 4.57 Å². The molecule has 4 nitrogen and oxygen atoms in total. The maximum atomic E-state index is 14.0. The predicted molar refractivity (Wildman–Crippen MR) is 104 cm³/mol. The van der Waals surface area contributed by atoms with Gasteiger partial charge >= 0.3 is 0 Å². The fourth-order valence-corrected chi connectivity index (χ4v) is 5.43. The molecule has 0 bridgehead atoms. The van der Waals surface area contributed by atoms with E-state index in [1.54, 1.807) is 12.1 Å². The second-order valence-corrected chi connectivity index (χ2v) is 8.05. The minimum atomic E-state index is -3.51. The van der Waals surface area contributed by atoms with Gasteiger partial charge in [-0.3, -0.25) is 0 Å². The lowest BCUT2D eigenvalue weighted by molar-refractivity contribution is 0.588. The summed E-state index contributed by atoms with van der Waals surface area (Å²) in [6.07, 6.45) is 0. The van der Waals surface area contributed by atoms with Crippen LogP contribution in [0.1, 0.15) is 0 Å². The fourth-order valence-electron chi connectivity index (χ4n) is 3.23. The fraction of sp³-hybridized carbons (Fsp3) is 0. The summed E-state index contributed by atoms with van der Waals surface area (Å²) in [4.78, 5) is 6.77. The van der Waals surface area contributed by atoms with E-state index in [9.17, 15) is 4.57 Å². The molecule has 5 heteroatoms. The van der Waals surface area contributed by atoms with Gasteiger partial charge in [0.2, 0.25) is 7.29 Å². The van der Waals surface area contributed by atoms with Gasteiger partial charge in [0.25, 0.3) is 0 Å². The topological polar surface area (TPSA) is 65.8 Å². The summed E-state index contributed by atoms with van der Waals surface area (Å²) in [7, 11) is -3.51. The van der Waals surface area contributed by atoms with Crippen LogP contribution in [0.3, 0.4) is 0 Å². The molecule has 0 aromatic heterocycles. The number of hydrogen-bond donors (Lipinski definition) is 0. The largest absolute Gasteiger partial charge is 0.307 e. The van der Waals surface area contributed by atoms with Gasteiger partial charge in [0.05, 0.1) is 0 Å². The number of hydrogen-bond acceptors (Lipinski definition) is 1. The van der Waals surface area contributed by atoms with Crippen LogP contribution in [0, 0.1) is 0 Å². The van der Waals surface area contributed by atoms with E-state index in [2.05, 4.69) is 9.80 Å². The highest BCUT2D eigenvalue weighted by Crippen LogP contribution is 2.48. The van der Waals surface area contributed by atoms with Crippen molar-refractivity contribution in [1.82, 2.24) is 0 Å². The van der Waals surface area contributed by atoms with Crippen molar-refractivity contribution in [2.24, 2.45) is 4.88 Å². The molecular weight excluding hydrogens is 329 g/mol. The second kappa shape index (κ2) is 6.10. The normalized spacial score (nSPS) is 11.4. The molecule has 0 aliphatic heterocycles. The van der Waals surface area contributed by atoms with Crippen LogP contribution in [0.5, 0.6) is 0 Å². The standard InChI is InChI=1S/C20H14N3OP/c21-22-23-25(24,19-13-5-9-15-7-1-3-11-17(15)19)20-14-6-10-16-8-2-4-12-18(16)20/h1-14H. The molecule has 0 radical (unpaired) electrons. The summed E-state index contributed by atoms with van der Waals surface area (Å²) in [5.41, 5.74) is 9.15. The van der Waals surface area contributed by atoms with E-state index in [0.29, 0.717) is 10.6 Å². The Morgan fingerprint density at radius 2 is 1.12 bits per heavy atom. The maximum Gasteiger partial charge on any atom is 0.229 e. The highest BCUT2D eigenvalue weighted by atomic mass is 31.2. The number of azide groups is 1. The van der Waals surface area contributed by atoms with Crippen LogP contribution in [-0.2, 0) is 4.57 Å². The molecule has 0 fully saturated rings. The van der Waals surface area contributed by atoms with Gasteiger partial charge in [0.15, 0.2) is 0 Å². The Morgan fingerprint density at radius 3 is 1.60 bits per heavy atom. The SMILES string of the molecule is [N-]=[N+]=NP(=O)(c1cccc2ccccc12)c1cccc2ccccc12. The molecule has 0 unspecified atom stereocenters. The molecule has 0 aliphatic carbocycles. The third kappa shape index (κ3) is 2.49. The lowest BCUT2D eigenvalue weighted by Crippen LogP contribution is -2.16. The van der Waals surface area contributed by atoms with Gasteiger partial charge in [-0.1, -0.05) is 84.9 Å². The molecule has 0 N–H and O–H groups in total. The smallest absolute Gasteiger partial charge is 0.229 e. The van der Waals surface area contributed by atoms with Gasteiger partial charge in [-0.2, -0.15) is 0 Å². The third-order valence-electron chi connectivity index (χ3n) is 4.35. The molecule has 0 aliphatic rings. The summed E-state index contributed by atoms with van der Waals surface area (Å²) < 4.78 is 14.0. The Labute approximate surface area is 144 Å². The van der Waals surface area contributed by atoms with Crippen molar-refractivity contribution in [3.8, 4) is 0 Å². The van der Waals surface area contributed by atoms with Crippen LogP contribution in [0.15, 0.2) is 89.8 Å². The molecule has 0 amide bonds. The van der Waals surface area contributed by atoms with Crippen molar-refractivity contribution in [2.75, 3.05) is 0 Å².